The smallest absolute Gasteiger partial charge is 0.0435 e. The van der Waals surface area contributed by atoms with Crippen molar-refractivity contribution < 1.29 is 0 Å². The van der Waals surface area contributed by atoms with Gasteiger partial charge in [0.15, 0.2) is 0 Å². The van der Waals surface area contributed by atoms with E-state index in [1.165, 1.54) is 29.5 Å². The van der Waals surface area contributed by atoms with E-state index in [4.69, 9.17) is 5.73 Å². The Balaban J connectivity index is 1.87. The van der Waals surface area contributed by atoms with Crippen molar-refractivity contribution in [1.29, 1.82) is 0 Å². The van der Waals surface area contributed by atoms with Gasteiger partial charge in [-0.1, -0.05) is 68.4 Å². The molecule has 0 heterocycles. The summed E-state index contributed by atoms with van der Waals surface area (Å²) in [6.07, 6.45) is 3.57. The van der Waals surface area contributed by atoms with Crippen LogP contribution in [0.15, 0.2) is 54.6 Å². The Kier molecular flexibility index (Phi) is 3.86. The third-order valence-corrected chi connectivity index (χ3v) is 5.22. The standard InChI is InChI=1S/C20H25N/c1-15-12-13-20(21,16(2)14-15)19-10-8-18(9-11-19)17-6-4-3-5-7-17/h3-11,15-16H,12-14,21H2,1-2H3. The molecule has 1 fully saturated rings. The first-order valence-corrected chi connectivity index (χ1v) is 8.04. The molecule has 0 spiro atoms. The highest BCUT2D eigenvalue weighted by molar-refractivity contribution is 5.63. The van der Waals surface area contributed by atoms with E-state index in [1.54, 1.807) is 0 Å². The van der Waals surface area contributed by atoms with Crippen LogP contribution in [0.2, 0.25) is 0 Å². The first kappa shape index (κ1) is 14.3. The minimum atomic E-state index is -0.151. The summed E-state index contributed by atoms with van der Waals surface area (Å²) < 4.78 is 0. The second kappa shape index (κ2) is 5.65. The molecule has 0 amide bonds. The second-order valence-electron chi connectivity index (χ2n) is 6.76. The van der Waals surface area contributed by atoms with Crippen molar-refractivity contribution in [3.63, 3.8) is 0 Å². The van der Waals surface area contributed by atoms with Gasteiger partial charge < -0.3 is 5.73 Å². The third-order valence-electron chi connectivity index (χ3n) is 5.22. The molecule has 0 radical (unpaired) electrons. The Bertz CT molecular complexity index is 587. The van der Waals surface area contributed by atoms with Crippen LogP contribution in [0.5, 0.6) is 0 Å². The molecular weight excluding hydrogens is 254 g/mol. The molecule has 0 bridgehead atoms. The molecule has 1 aliphatic rings. The molecule has 0 aliphatic heterocycles. The van der Waals surface area contributed by atoms with Gasteiger partial charge in [-0.25, -0.2) is 0 Å². The zero-order valence-corrected chi connectivity index (χ0v) is 13.0. The summed E-state index contributed by atoms with van der Waals surface area (Å²) in [6.45, 7) is 4.65. The Morgan fingerprint density at radius 3 is 2.14 bits per heavy atom. The number of hydrogen-bond donors (Lipinski definition) is 1. The first-order chi connectivity index (χ1) is 10.1. The lowest BCUT2D eigenvalue weighted by molar-refractivity contribution is 0.164. The van der Waals surface area contributed by atoms with Crippen LogP contribution in [-0.4, -0.2) is 0 Å². The van der Waals surface area contributed by atoms with E-state index in [0.717, 1.165) is 12.3 Å². The molecule has 110 valence electrons. The lowest BCUT2D eigenvalue weighted by atomic mass is 9.67. The highest BCUT2D eigenvalue weighted by Gasteiger charge is 2.37. The molecule has 21 heavy (non-hydrogen) atoms. The highest BCUT2D eigenvalue weighted by atomic mass is 14.8. The predicted octanol–water partition coefficient (Wildman–Crippen LogP) is 4.96. The van der Waals surface area contributed by atoms with Gasteiger partial charge in [-0.3, -0.25) is 0 Å². The predicted molar refractivity (Wildman–Crippen MR) is 89.9 cm³/mol. The molecule has 1 saturated carbocycles. The molecule has 2 aromatic rings. The lowest BCUT2D eigenvalue weighted by Gasteiger charge is -2.42. The quantitative estimate of drug-likeness (QED) is 0.825. The van der Waals surface area contributed by atoms with E-state index in [0.29, 0.717) is 5.92 Å². The Morgan fingerprint density at radius 1 is 0.905 bits per heavy atom. The molecule has 1 heteroatoms. The number of rotatable bonds is 2. The average molecular weight is 279 g/mol. The summed E-state index contributed by atoms with van der Waals surface area (Å²) in [7, 11) is 0. The molecule has 0 aromatic heterocycles. The van der Waals surface area contributed by atoms with E-state index < -0.39 is 0 Å². The third kappa shape index (κ3) is 2.75. The number of benzene rings is 2. The van der Waals surface area contributed by atoms with Crippen molar-refractivity contribution in [1.82, 2.24) is 0 Å². The summed E-state index contributed by atoms with van der Waals surface area (Å²) in [6, 6.07) is 19.4. The zero-order valence-electron chi connectivity index (χ0n) is 13.0. The van der Waals surface area contributed by atoms with Crippen molar-refractivity contribution in [3.8, 4) is 11.1 Å². The van der Waals surface area contributed by atoms with Gasteiger partial charge in [0.05, 0.1) is 0 Å². The molecule has 2 aromatic carbocycles. The van der Waals surface area contributed by atoms with Crippen LogP contribution in [0.3, 0.4) is 0 Å². The largest absolute Gasteiger partial charge is 0.321 e. The maximum Gasteiger partial charge on any atom is 0.0435 e. The Labute approximate surface area is 128 Å². The summed E-state index contributed by atoms with van der Waals surface area (Å²) in [5.74, 6) is 1.35. The van der Waals surface area contributed by atoms with E-state index in [2.05, 4.69) is 68.4 Å². The number of hydrogen-bond acceptors (Lipinski definition) is 1. The van der Waals surface area contributed by atoms with Crippen molar-refractivity contribution in [2.45, 2.75) is 38.6 Å². The summed E-state index contributed by atoms with van der Waals surface area (Å²) in [4.78, 5) is 0. The average Bonchev–Trinajstić information content (AvgIpc) is 2.52. The molecule has 2 N–H and O–H groups in total. The maximum absolute atomic E-state index is 6.77. The molecule has 0 saturated heterocycles. The molecule has 3 rings (SSSR count). The molecule has 3 atom stereocenters. The summed E-state index contributed by atoms with van der Waals surface area (Å²) in [5, 5.41) is 0. The lowest BCUT2D eigenvalue weighted by Crippen LogP contribution is -2.46. The minimum absolute atomic E-state index is 0.151. The van der Waals surface area contributed by atoms with Crippen LogP contribution >= 0.6 is 0 Å². The van der Waals surface area contributed by atoms with Crippen LogP contribution < -0.4 is 5.73 Å². The normalized spacial score (nSPS) is 29.3. The minimum Gasteiger partial charge on any atom is -0.321 e. The van der Waals surface area contributed by atoms with Gasteiger partial charge in [0.2, 0.25) is 0 Å². The van der Waals surface area contributed by atoms with Crippen molar-refractivity contribution >= 4 is 0 Å². The van der Waals surface area contributed by atoms with Crippen molar-refractivity contribution in [3.05, 3.63) is 60.2 Å². The fourth-order valence-corrected chi connectivity index (χ4v) is 3.70. The molecule has 1 aliphatic carbocycles. The van der Waals surface area contributed by atoms with E-state index in [1.807, 2.05) is 0 Å². The van der Waals surface area contributed by atoms with Crippen LogP contribution in [0.4, 0.5) is 0 Å². The SMILES string of the molecule is CC1CCC(N)(c2ccc(-c3ccccc3)cc2)C(C)C1. The van der Waals surface area contributed by atoms with E-state index in [-0.39, 0.29) is 5.54 Å². The maximum atomic E-state index is 6.77. The van der Waals surface area contributed by atoms with Gasteiger partial charge in [-0.15, -0.1) is 0 Å². The van der Waals surface area contributed by atoms with Crippen LogP contribution in [-0.2, 0) is 5.54 Å². The van der Waals surface area contributed by atoms with Crippen LogP contribution in [0, 0.1) is 11.8 Å². The molecule has 3 unspecified atom stereocenters. The van der Waals surface area contributed by atoms with Crippen LogP contribution in [0.1, 0.15) is 38.7 Å². The van der Waals surface area contributed by atoms with Gasteiger partial charge in [-0.05, 0) is 47.8 Å². The first-order valence-electron chi connectivity index (χ1n) is 8.04. The summed E-state index contributed by atoms with van der Waals surface area (Å²) in [5.41, 5.74) is 10.4. The fourth-order valence-electron chi connectivity index (χ4n) is 3.70. The van der Waals surface area contributed by atoms with E-state index in [9.17, 15) is 0 Å². The summed E-state index contributed by atoms with van der Waals surface area (Å²) >= 11 is 0. The van der Waals surface area contributed by atoms with Gasteiger partial charge in [0.1, 0.15) is 0 Å². The van der Waals surface area contributed by atoms with Gasteiger partial charge >= 0.3 is 0 Å². The monoisotopic (exact) mass is 279 g/mol. The number of nitrogens with two attached hydrogens (primary N) is 1. The highest BCUT2D eigenvalue weighted by Crippen LogP contribution is 2.42. The topological polar surface area (TPSA) is 26.0 Å². The van der Waals surface area contributed by atoms with Crippen molar-refractivity contribution in [2.75, 3.05) is 0 Å². The Morgan fingerprint density at radius 2 is 1.52 bits per heavy atom. The van der Waals surface area contributed by atoms with Gasteiger partial charge in [0, 0.05) is 5.54 Å². The van der Waals surface area contributed by atoms with Gasteiger partial charge in [-0.2, -0.15) is 0 Å². The van der Waals surface area contributed by atoms with Crippen molar-refractivity contribution in [2.24, 2.45) is 17.6 Å². The second-order valence-corrected chi connectivity index (χ2v) is 6.76. The van der Waals surface area contributed by atoms with Crippen LogP contribution in [0.25, 0.3) is 11.1 Å². The molecule has 1 nitrogen and oxygen atoms in total. The Hall–Kier alpha value is -1.60. The van der Waals surface area contributed by atoms with Gasteiger partial charge in [0.25, 0.3) is 0 Å². The molecular formula is C20H25N. The zero-order chi connectivity index (χ0) is 14.9. The van der Waals surface area contributed by atoms with E-state index >= 15 is 0 Å². The fraction of sp³-hybridized carbons (Fsp3) is 0.400.